The Morgan fingerprint density at radius 2 is 1.48 bits per heavy atom. The van der Waals surface area contributed by atoms with E-state index in [-0.39, 0.29) is 17.9 Å². The van der Waals surface area contributed by atoms with Crippen molar-refractivity contribution in [2.24, 2.45) is 5.92 Å². The van der Waals surface area contributed by atoms with E-state index in [1.165, 1.54) is 57.8 Å². The number of hydrogen-bond donors (Lipinski definition) is 2. The minimum absolute atomic E-state index is 0.0938. The number of carbonyl (C=O) groups excluding carboxylic acids is 1. The number of anilines is 1. The van der Waals surface area contributed by atoms with E-state index in [0.717, 1.165) is 30.6 Å². The fourth-order valence-electron chi connectivity index (χ4n) is 3.48. The molecule has 3 heteroatoms. The Balaban J connectivity index is 2.26. The normalized spacial score (nSPS) is 12.8. The monoisotopic (exact) mass is 398 g/mol. The van der Waals surface area contributed by atoms with E-state index >= 15 is 0 Å². The number of carbonyl (C=O) groups is 1. The fourth-order valence-corrected chi connectivity index (χ4v) is 3.48. The van der Waals surface area contributed by atoms with Gasteiger partial charge < -0.3 is 10.6 Å². The lowest BCUT2D eigenvalue weighted by Crippen LogP contribution is -2.44. The lowest BCUT2D eigenvalue weighted by atomic mass is 9.97. The molecule has 0 radical (unpaired) electrons. The molecule has 29 heavy (non-hydrogen) atoms. The van der Waals surface area contributed by atoms with Crippen LogP contribution in [0.25, 0.3) is 0 Å². The second kappa shape index (κ2) is 15.9. The lowest BCUT2D eigenvalue weighted by Gasteiger charge is -2.24. The summed E-state index contributed by atoms with van der Waals surface area (Å²) in [7, 11) is 0. The van der Waals surface area contributed by atoms with Gasteiger partial charge in [-0.2, -0.15) is 0 Å². The summed E-state index contributed by atoms with van der Waals surface area (Å²) in [4.78, 5) is 12.7. The maximum absolute atomic E-state index is 12.7. The molecule has 0 heterocycles. The summed E-state index contributed by atoms with van der Waals surface area (Å²) < 4.78 is 0. The third kappa shape index (κ3) is 11.0. The molecule has 0 spiro atoms. The van der Waals surface area contributed by atoms with Crippen molar-refractivity contribution in [3.8, 4) is 12.3 Å². The molecule has 0 saturated carbocycles. The topological polar surface area (TPSA) is 41.1 Å². The number of nitrogens with one attached hydrogen (secondary N) is 2. The summed E-state index contributed by atoms with van der Waals surface area (Å²) in [5.74, 6) is 2.97. The first kappa shape index (κ1) is 25.1. The van der Waals surface area contributed by atoms with Gasteiger partial charge in [-0.1, -0.05) is 90.9 Å². The van der Waals surface area contributed by atoms with Crippen molar-refractivity contribution in [3.05, 3.63) is 29.8 Å². The van der Waals surface area contributed by atoms with Crippen LogP contribution in [0, 0.1) is 18.3 Å². The predicted molar refractivity (Wildman–Crippen MR) is 126 cm³/mol. The van der Waals surface area contributed by atoms with Gasteiger partial charge in [0.25, 0.3) is 0 Å². The summed E-state index contributed by atoms with van der Waals surface area (Å²) in [6.45, 7) is 7.26. The molecule has 0 aliphatic carbocycles. The van der Waals surface area contributed by atoms with Crippen LogP contribution in [0.4, 0.5) is 5.69 Å². The van der Waals surface area contributed by atoms with E-state index in [9.17, 15) is 4.79 Å². The van der Waals surface area contributed by atoms with Crippen LogP contribution in [0.2, 0.25) is 0 Å². The minimum Gasteiger partial charge on any atom is -0.373 e. The Bertz CT molecular complexity index is 588. The quantitative estimate of drug-likeness (QED) is 0.245. The minimum atomic E-state index is -0.222. The van der Waals surface area contributed by atoms with Gasteiger partial charge in [0.15, 0.2) is 0 Å². The fraction of sp³-hybridized carbons (Fsp3) is 0.654. The van der Waals surface area contributed by atoms with Crippen LogP contribution in [0.5, 0.6) is 0 Å². The molecule has 1 amide bonds. The average Bonchev–Trinajstić information content (AvgIpc) is 2.75. The van der Waals surface area contributed by atoms with Gasteiger partial charge in [0.05, 0.1) is 0 Å². The molecule has 1 aromatic rings. The van der Waals surface area contributed by atoms with Crippen LogP contribution < -0.4 is 10.6 Å². The number of unbranched alkanes of at least 4 members (excludes halogenated alkanes) is 9. The number of hydrogen-bond acceptors (Lipinski definition) is 2. The molecule has 3 nitrogen and oxygen atoms in total. The van der Waals surface area contributed by atoms with Crippen molar-refractivity contribution in [1.29, 1.82) is 0 Å². The third-order valence-corrected chi connectivity index (χ3v) is 5.70. The first-order valence-electron chi connectivity index (χ1n) is 11.7. The Kier molecular flexibility index (Phi) is 13.8. The molecule has 2 N–H and O–H groups in total. The molecule has 2 atom stereocenters. The summed E-state index contributed by atoms with van der Waals surface area (Å²) in [6.07, 6.45) is 19.4. The molecule has 0 aromatic heterocycles. The molecular formula is C26H42N2O. The molecule has 1 aromatic carbocycles. The first-order chi connectivity index (χ1) is 14.1. The Hall–Kier alpha value is -1.95. The Morgan fingerprint density at radius 3 is 2.00 bits per heavy atom. The maximum atomic E-state index is 12.7. The van der Waals surface area contributed by atoms with Gasteiger partial charge in [-0.25, -0.2) is 0 Å². The third-order valence-electron chi connectivity index (χ3n) is 5.70. The highest BCUT2D eigenvalue weighted by Crippen LogP contribution is 2.16. The van der Waals surface area contributed by atoms with Gasteiger partial charge in [0.1, 0.15) is 6.04 Å². The van der Waals surface area contributed by atoms with E-state index in [0.29, 0.717) is 0 Å². The van der Waals surface area contributed by atoms with Crippen molar-refractivity contribution in [2.45, 2.75) is 97.4 Å². The molecule has 0 aliphatic rings. The number of benzene rings is 1. The molecular weight excluding hydrogens is 356 g/mol. The van der Waals surface area contributed by atoms with Crippen LogP contribution in [-0.4, -0.2) is 18.5 Å². The number of rotatable bonds is 16. The molecule has 0 fully saturated rings. The molecule has 0 unspecified atom stereocenters. The van der Waals surface area contributed by atoms with Crippen LogP contribution in [0.3, 0.4) is 0 Å². The van der Waals surface area contributed by atoms with Crippen molar-refractivity contribution in [2.75, 3.05) is 11.9 Å². The molecule has 0 aliphatic heterocycles. The maximum Gasteiger partial charge on any atom is 0.242 e. The highest BCUT2D eigenvalue weighted by molar-refractivity contribution is 5.85. The highest BCUT2D eigenvalue weighted by atomic mass is 16.2. The lowest BCUT2D eigenvalue weighted by molar-refractivity contribution is -0.122. The molecule has 0 saturated heterocycles. The Morgan fingerprint density at radius 1 is 0.931 bits per heavy atom. The second-order valence-corrected chi connectivity index (χ2v) is 8.20. The van der Waals surface area contributed by atoms with Crippen molar-refractivity contribution < 1.29 is 4.79 Å². The highest BCUT2D eigenvalue weighted by Gasteiger charge is 2.23. The molecule has 162 valence electrons. The van der Waals surface area contributed by atoms with Crippen molar-refractivity contribution in [1.82, 2.24) is 5.32 Å². The van der Waals surface area contributed by atoms with Crippen molar-refractivity contribution in [3.63, 3.8) is 0 Å². The van der Waals surface area contributed by atoms with Crippen molar-refractivity contribution >= 4 is 11.6 Å². The smallest absolute Gasteiger partial charge is 0.242 e. The van der Waals surface area contributed by atoms with Gasteiger partial charge in [0, 0.05) is 17.8 Å². The first-order valence-corrected chi connectivity index (χ1v) is 11.7. The predicted octanol–water partition coefficient (Wildman–Crippen LogP) is 6.53. The standard InChI is InChI=1S/C26H42N2O/c1-5-8-9-10-11-12-13-14-15-16-21-27-26(29)25(22(4)6-2)28-24-19-17-23(7-3)18-20-24/h3,17-20,22,25,28H,5-6,8-16,21H2,1-2,4H3,(H,27,29)/t22-,25-/m0/s1. The van der Waals surface area contributed by atoms with E-state index < -0.39 is 0 Å². The van der Waals surface area contributed by atoms with Gasteiger partial charge in [0.2, 0.25) is 5.91 Å². The van der Waals surface area contributed by atoms with E-state index in [1.54, 1.807) is 0 Å². The van der Waals surface area contributed by atoms with E-state index in [4.69, 9.17) is 6.42 Å². The summed E-state index contributed by atoms with van der Waals surface area (Å²) in [5.41, 5.74) is 1.78. The zero-order chi connectivity index (χ0) is 21.3. The summed E-state index contributed by atoms with van der Waals surface area (Å²) >= 11 is 0. The number of amides is 1. The zero-order valence-corrected chi connectivity index (χ0v) is 18.9. The molecule has 0 bridgehead atoms. The van der Waals surface area contributed by atoms with Gasteiger partial charge in [-0.15, -0.1) is 6.42 Å². The van der Waals surface area contributed by atoms with Gasteiger partial charge >= 0.3 is 0 Å². The van der Waals surface area contributed by atoms with Crippen LogP contribution >= 0.6 is 0 Å². The second-order valence-electron chi connectivity index (χ2n) is 8.20. The zero-order valence-electron chi connectivity index (χ0n) is 18.9. The van der Waals surface area contributed by atoms with Crippen LogP contribution in [-0.2, 0) is 4.79 Å². The van der Waals surface area contributed by atoms with E-state index in [2.05, 4.69) is 37.3 Å². The van der Waals surface area contributed by atoms with Crippen LogP contribution in [0.1, 0.15) is 97.0 Å². The van der Waals surface area contributed by atoms with Gasteiger partial charge in [-0.05, 0) is 36.6 Å². The molecule has 1 rings (SSSR count). The SMILES string of the molecule is C#Cc1ccc(N[C@H](C(=O)NCCCCCCCCCCCC)[C@@H](C)CC)cc1. The summed E-state index contributed by atoms with van der Waals surface area (Å²) in [5, 5.41) is 6.52. The largest absolute Gasteiger partial charge is 0.373 e. The van der Waals surface area contributed by atoms with Gasteiger partial charge in [-0.3, -0.25) is 4.79 Å². The van der Waals surface area contributed by atoms with Crippen LogP contribution in [0.15, 0.2) is 24.3 Å². The number of terminal acetylenes is 1. The van der Waals surface area contributed by atoms with E-state index in [1.807, 2.05) is 24.3 Å². The Labute approximate surface area is 179 Å². The average molecular weight is 399 g/mol. The summed E-state index contributed by atoms with van der Waals surface area (Å²) in [6, 6.07) is 7.47.